The molecule has 2 N–H and O–H groups in total. The number of ether oxygens (including phenoxy) is 2. The zero-order valence-electron chi connectivity index (χ0n) is 13.9. The molecular weight excluding hydrogens is 380 g/mol. The fourth-order valence-electron chi connectivity index (χ4n) is 1.99. The summed E-state index contributed by atoms with van der Waals surface area (Å²) in [7, 11) is 1.41. The maximum Gasteiger partial charge on any atom is 0.306 e. The van der Waals surface area contributed by atoms with Crippen LogP contribution in [0.2, 0.25) is 5.02 Å². The number of hydrazine groups is 1. The van der Waals surface area contributed by atoms with Gasteiger partial charge in [0, 0.05) is 11.4 Å². The second-order valence-electron chi connectivity index (χ2n) is 5.14. The molecule has 26 heavy (non-hydrogen) atoms. The molecule has 7 nitrogen and oxygen atoms in total. The molecule has 2 aromatic rings. The average Bonchev–Trinajstić information content (AvgIpc) is 3.16. The van der Waals surface area contributed by atoms with Crippen molar-refractivity contribution in [2.75, 3.05) is 13.7 Å². The fraction of sp³-hybridized carbons (Fsp3) is 0.235. The number of hydrogen-bond acceptors (Lipinski definition) is 6. The molecule has 0 aliphatic heterocycles. The van der Waals surface area contributed by atoms with Crippen LogP contribution in [0.15, 0.2) is 35.0 Å². The van der Waals surface area contributed by atoms with E-state index >= 15 is 0 Å². The molecule has 0 radical (unpaired) electrons. The van der Waals surface area contributed by atoms with Crippen LogP contribution in [0.3, 0.4) is 0 Å². The lowest BCUT2D eigenvalue weighted by molar-refractivity contribution is -0.148. The Kier molecular flexibility index (Phi) is 7.43. The van der Waals surface area contributed by atoms with Crippen molar-refractivity contribution in [2.45, 2.75) is 12.8 Å². The highest BCUT2D eigenvalue weighted by Crippen LogP contribution is 2.22. The van der Waals surface area contributed by atoms with E-state index in [1.54, 1.807) is 17.4 Å². The molecule has 0 saturated carbocycles. The number of nitrogens with one attached hydrogen (secondary N) is 2. The first-order valence-electron chi connectivity index (χ1n) is 7.59. The zero-order chi connectivity index (χ0) is 18.9. The van der Waals surface area contributed by atoms with Gasteiger partial charge in [0.25, 0.3) is 11.8 Å². The lowest BCUT2D eigenvalue weighted by atomic mass is 10.2. The third kappa shape index (κ3) is 6.05. The number of carbonyl (C=O) groups is 3. The van der Waals surface area contributed by atoms with Crippen LogP contribution in [0, 0.1) is 0 Å². The lowest BCUT2D eigenvalue weighted by Crippen LogP contribution is -2.43. The minimum Gasteiger partial charge on any atom is -0.496 e. The van der Waals surface area contributed by atoms with Gasteiger partial charge in [0.05, 0.1) is 12.7 Å². The van der Waals surface area contributed by atoms with Crippen LogP contribution in [0.1, 0.15) is 22.3 Å². The van der Waals surface area contributed by atoms with Crippen molar-refractivity contribution in [1.82, 2.24) is 10.9 Å². The fourth-order valence-corrected chi connectivity index (χ4v) is 2.86. The lowest BCUT2D eigenvalue weighted by Gasteiger charge is -2.11. The van der Waals surface area contributed by atoms with Gasteiger partial charge in [0.15, 0.2) is 6.61 Å². The largest absolute Gasteiger partial charge is 0.496 e. The van der Waals surface area contributed by atoms with Gasteiger partial charge in [-0.2, -0.15) is 11.3 Å². The number of halogens is 1. The summed E-state index contributed by atoms with van der Waals surface area (Å²) in [5.41, 5.74) is 5.58. The number of aryl methyl sites for hydroxylation is 1. The van der Waals surface area contributed by atoms with Crippen LogP contribution in [0.4, 0.5) is 0 Å². The van der Waals surface area contributed by atoms with Crippen LogP contribution in [0.25, 0.3) is 0 Å². The van der Waals surface area contributed by atoms with Gasteiger partial charge in [-0.1, -0.05) is 11.6 Å². The van der Waals surface area contributed by atoms with Crippen molar-refractivity contribution in [3.63, 3.8) is 0 Å². The van der Waals surface area contributed by atoms with Crippen molar-refractivity contribution >= 4 is 40.7 Å². The molecule has 0 aliphatic carbocycles. The molecule has 2 amide bonds. The van der Waals surface area contributed by atoms with E-state index in [1.807, 2.05) is 16.8 Å². The van der Waals surface area contributed by atoms with Gasteiger partial charge in [-0.05, 0) is 47.0 Å². The Morgan fingerprint density at radius 1 is 1.19 bits per heavy atom. The second kappa shape index (κ2) is 9.79. The normalized spacial score (nSPS) is 10.1. The number of esters is 1. The van der Waals surface area contributed by atoms with Crippen molar-refractivity contribution in [3.05, 3.63) is 51.2 Å². The Morgan fingerprint density at radius 3 is 2.69 bits per heavy atom. The van der Waals surface area contributed by atoms with Gasteiger partial charge < -0.3 is 9.47 Å². The van der Waals surface area contributed by atoms with E-state index in [4.69, 9.17) is 21.1 Å². The maximum atomic E-state index is 12.1. The monoisotopic (exact) mass is 396 g/mol. The molecule has 0 atom stereocenters. The molecule has 0 saturated heterocycles. The van der Waals surface area contributed by atoms with Crippen LogP contribution >= 0.6 is 22.9 Å². The van der Waals surface area contributed by atoms with E-state index in [9.17, 15) is 14.4 Å². The topological polar surface area (TPSA) is 93.7 Å². The molecule has 0 bridgehead atoms. The van der Waals surface area contributed by atoms with Gasteiger partial charge >= 0.3 is 5.97 Å². The first kappa shape index (κ1) is 19.7. The smallest absolute Gasteiger partial charge is 0.306 e. The van der Waals surface area contributed by atoms with Gasteiger partial charge in [0.1, 0.15) is 5.75 Å². The van der Waals surface area contributed by atoms with E-state index in [0.29, 0.717) is 17.2 Å². The standard InChI is InChI=1S/C17H17ClN2O5S/c1-24-14-4-3-12(18)8-13(14)17(23)20-19-15(21)9-25-16(22)5-2-11-6-7-26-10-11/h3-4,6-8,10H,2,5,9H2,1H3,(H,19,21)(H,20,23). The number of benzene rings is 1. The summed E-state index contributed by atoms with van der Waals surface area (Å²) >= 11 is 7.40. The Balaban J connectivity index is 1.73. The summed E-state index contributed by atoms with van der Waals surface area (Å²) in [5.74, 6) is -1.46. The van der Waals surface area contributed by atoms with Crippen molar-refractivity contribution in [2.24, 2.45) is 0 Å². The summed E-state index contributed by atoms with van der Waals surface area (Å²) in [5, 5.41) is 4.22. The molecule has 9 heteroatoms. The molecule has 0 spiro atoms. The zero-order valence-corrected chi connectivity index (χ0v) is 15.5. The quantitative estimate of drug-likeness (QED) is 0.553. The molecular formula is C17H17ClN2O5S. The van der Waals surface area contributed by atoms with Gasteiger partial charge in [0.2, 0.25) is 0 Å². The number of thiophene rings is 1. The first-order chi connectivity index (χ1) is 12.5. The highest BCUT2D eigenvalue weighted by Gasteiger charge is 2.14. The third-order valence-electron chi connectivity index (χ3n) is 3.28. The molecule has 1 heterocycles. The molecule has 0 aliphatic rings. The van der Waals surface area contributed by atoms with E-state index in [2.05, 4.69) is 10.9 Å². The highest BCUT2D eigenvalue weighted by molar-refractivity contribution is 7.07. The Bertz CT molecular complexity index is 779. The highest BCUT2D eigenvalue weighted by atomic mass is 35.5. The van der Waals surface area contributed by atoms with E-state index in [-0.39, 0.29) is 12.0 Å². The summed E-state index contributed by atoms with van der Waals surface area (Å²) in [6.45, 7) is -0.491. The molecule has 1 aromatic carbocycles. The minimum absolute atomic E-state index is 0.160. The number of amides is 2. The Labute approximate surface area is 159 Å². The Hall–Kier alpha value is -2.58. The number of rotatable bonds is 7. The number of methoxy groups -OCH3 is 1. The molecule has 138 valence electrons. The maximum absolute atomic E-state index is 12.1. The summed E-state index contributed by atoms with van der Waals surface area (Å²) in [4.78, 5) is 35.4. The van der Waals surface area contributed by atoms with Gasteiger partial charge in [-0.25, -0.2) is 0 Å². The van der Waals surface area contributed by atoms with Crippen LogP contribution in [-0.2, 0) is 20.7 Å². The predicted molar refractivity (Wildman–Crippen MR) is 97.2 cm³/mol. The van der Waals surface area contributed by atoms with E-state index in [1.165, 1.54) is 19.2 Å². The molecule has 0 fully saturated rings. The van der Waals surface area contributed by atoms with Gasteiger partial charge in [-0.3, -0.25) is 25.2 Å². The third-order valence-corrected chi connectivity index (χ3v) is 4.25. The number of hydrogen-bond donors (Lipinski definition) is 2. The van der Waals surface area contributed by atoms with Crippen LogP contribution < -0.4 is 15.6 Å². The van der Waals surface area contributed by atoms with E-state index < -0.39 is 24.4 Å². The predicted octanol–water partition coefficient (Wildman–Crippen LogP) is 2.35. The van der Waals surface area contributed by atoms with Crippen LogP contribution in [0.5, 0.6) is 5.75 Å². The van der Waals surface area contributed by atoms with Gasteiger partial charge in [-0.15, -0.1) is 0 Å². The molecule has 2 rings (SSSR count). The Morgan fingerprint density at radius 2 is 2.00 bits per heavy atom. The summed E-state index contributed by atoms with van der Waals surface area (Å²) in [6, 6.07) is 6.44. The van der Waals surface area contributed by atoms with E-state index in [0.717, 1.165) is 5.56 Å². The average molecular weight is 397 g/mol. The SMILES string of the molecule is COc1ccc(Cl)cc1C(=O)NNC(=O)COC(=O)CCc1ccsc1. The summed E-state index contributed by atoms with van der Waals surface area (Å²) in [6.07, 6.45) is 0.728. The number of carbonyl (C=O) groups excluding carboxylic acids is 3. The second-order valence-corrected chi connectivity index (χ2v) is 6.36. The van der Waals surface area contributed by atoms with Crippen molar-refractivity contribution < 1.29 is 23.9 Å². The molecule has 0 unspecified atom stereocenters. The summed E-state index contributed by atoms with van der Waals surface area (Å²) < 4.78 is 9.92. The van der Waals surface area contributed by atoms with Crippen LogP contribution in [-0.4, -0.2) is 31.5 Å². The van der Waals surface area contributed by atoms with Crippen molar-refractivity contribution in [1.29, 1.82) is 0 Å². The van der Waals surface area contributed by atoms with Crippen molar-refractivity contribution in [3.8, 4) is 5.75 Å². The first-order valence-corrected chi connectivity index (χ1v) is 8.91. The molecule has 1 aromatic heterocycles. The minimum atomic E-state index is -0.664.